The van der Waals surface area contributed by atoms with Gasteiger partial charge in [-0.3, -0.25) is 4.98 Å². The van der Waals surface area contributed by atoms with E-state index in [1.165, 1.54) is 5.56 Å². The summed E-state index contributed by atoms with van der Waals surface area (Å²) in [5, 5.41) is 0.741. The van der Waals surface area contributed by atoms with E-state index in [2.05, 4.69) is 11.9 Å². The highest BCUT2D eigenvalue weighted by Crippen LogP contribution is 2.20. The molecule has 0 aliphatic carbocycles. The fourth-order valence-corrected chi connectivity index (χ4v) is 1.53. The predicted octanol–water partition coefficient (Wildman–Crippen LogP) is 3.71. The van der Waals surface area contributed by atoms with Gasteiger partial charge in [-0.05, 0) is 36.8 Å². The molecule has 2 heteroatoms. The molecule has 14 heavy (non-hydrogen) atoms. The summed E-state index contributed by atoms with van der Waals surface area (Å²) >= 11 is 5.91. The van der Waals surface area contributed by atoms with Crippen LogP contribution in [0.4, 0.5) is 0 Å². The van der Waals surface area contributed by atoms with E-state index in [1.54, 1.807) is 0 Å². The summed E-state index contributed by atoms with van der Waals surface area (Å²) in [6.07, 6.45) is 1.81. The molecule has 2 aromatic rings. The van der Waals surface area contributed by atoms with Gasteiger partial charge in [0.15, 0.2) is 0 Å². The zero-order valence-corrected chi connectivity index (χ0v) is 8.62. The first kappa shape index (κ1) is 9.22. The van der Waals surface area contributed by atoms with Gasteiger partial charge in [0.25, 0.3) is 0 Å². The number of pyridine rings is 1. The van der Waals surface area contributed by atoms with Crippen LogP contribution in [0.3, 0.4) is 0 Å². The Morgan fingerprint density at radius 3 is 2.71 bits per heavy atom. The summed E-state index contributed by atoms with van der Waals surface area (Å²) in [5.74, 6) is 0. The fourth-order valence-electron chi connectivity index (χ4n) is 1.34. The Morgan fingerprint density at radius 2 is 2.00 bits per heavy atom. The summed E-state index contributed by atoms with van der Waals surface area (Å²) in [7, 11) is 0. The normalized spacial score (nSPS) is 10.1. The lowest BCUT2D eigenvalue weighted by atomic mass is 10.1. The van der Waals surface area contributed by atoms with Gasteiger partial charge < -0.3 is 0 Å². The van der Waals surface area contributed by atoms with Crippen LogP contribution in [-0.4, -0.2) is 4.98 Å². The molecular weight excluding hydrogens is 194 g/mol. The molecule has 1 heterocycles. The van der Waals surface area contributed by atoms with Gasteiger partial charge in [-0.15, -0.1) is 0 Å². The van der Waals surface area contributed by atoms with Gasteiger partial charge in [-0.1, -0.05) is 23.7 Å². The van der Waals surface area contributed by atoms with E-state index in [0.29, 0.717) is 0 Å². The molecule has 0 aliphatic rings. The second kappa shape index (κ2) is 3.81. The van der Waals surface area contributed by atoms with Gasteiger partial charge in [-0.2, -0.15) is 0 Å². The zero-order valence-electron chi connectivity index (χ0n) is 7.87. The van der Waals surface area contributed by atoms with Crippen molar-refractivity contribution in [2.45, 2.75) is 6.92 Å². The van der Waals surface area contributed by atoms with Crippen LogP contribution in [0.2, 0.25) is 5.02 Å². The number of hydrogen-bond acceptors (Lipinski definition) is 1. The van der Waals surface area contributed by atoms with Crippen molar-refractivity contribution >= 4 is 11.6 Å². The molecule has 1 aromatic carbocycles. The van der Waals surface area contributed by atoms with Gasteiger partial charge in [0.2, 0.25) is 0 Å². The molecule has 0 N–H and O–H groups in total. The molecule has 0 saturated heterocycles. The summed E-state index contributed by atoms with van der Waals surface area (Å²) in [4.78, 5) is 4.29. The molecule has 2 rings (SSSR count). The zero-order chi connectivity index (χ0) is 9.97. The van der Waals surface area contributed by atoms with Crippen LogP contribution in [0.15, 0.2) is 42.6 Å². The van der Waals surface area contributed by atoms with Crippen molar-refractivity contribution in [3.63, 3.8) is 0 Å². The van der Waals surface area contributed by atoms with Crippen LogP contribution in [0.25, 0.3) is 11.3 Å². The molecule has 1 nitrogen and oxygen atoms in total. The van der Waals surface area contributed by atoms with Gasteiger partial charge in [-0.25, -0.2) is 0 Å². The molecule has 1 aromatic heterocycles. The summed E-state index contributed by atoms with van der Waals surface area (Å²) in [6.45, 7) is 2.05. The van der Waals surface area contributed by atoms with Crippen molar-refractivity contribution in [3.8, 4) is 11.3 Å². The van der Waals surface area contributed by atoms with Gasteiger partial charge in [0.1, 0.15) is 0 Å². The number of aryl methyl sites for hydroxylation is 1. The Morgan fingerprint density at radius 1 is 1.14 bits per heavy atom. The smallest absolute Gasteiger partial charge is 0.0705 e. The molecule has 0 radical (unpaired) electrons. The SMILES string of the molecule is Cc1ccnc(-c2cccc(Cl)c2)c1. The highest BCUT2D eigenvalue weighted by Gasteiger charge is 1.99. The molecule has 0 fully saturated rings. The largest absolute Gasteiger partial charge is 0.256 e. The van der Waals surface area contributed by atoms with E-state index >= 15 is 0 Å². The lowest BCUT2D eigenvalue weighted by Gasteiger charge is -2.01. The van der Waals surface area contributed by atoms with Crippen LogP contribution >= 0.6 is 11.6 Å². The Hall–Kier alpha value is -1.34. The van der Waals surface area contributed by atoms with Crippen molar-refractivity contribution in [1.29, 1.82) is 0 Å². The monoisotopic (exact) mass is 203 g/mol. The summed E-state index contributed by atoms with van der Waals surface area (Å²) in [6, 6.07) is 11.7. The highest BCUT2D eigenvalue weighted by atomic mass is 35.5. The Labute approximate surface area is 88.4 Å². The molecule has 70 valence electrons. The summed E-state index contributed by atoms with van der Waals surface area (Å²) in [5.41, 5.74) is 3.23. The predicted molar refractivity (Wildman–Crippen MR) is 59.4 cm³/mol. The average molecular weight is 204 g/mol. The van der Waals surface area contributed by atoms with Crippen molar-refractivity contribution in [1.82, 2.24) is 4.98 Å². The lowest BCUT2D eigenvalue weighted by Crippen LogP contribution is -1.83. The molecule has 0 saturated carbocycles. The Balaban J connectivity index is 2.49. The van der Waals surface area contributed by atoms with Crippen LogP contribution < -0.4 is 0 Å². The average Bonchev–Trinajstić information content (AvgIpc) is 2.18. The summed E-state index contributed by atoms with van der Waals surface area (Å²) < 4.78 is 0. The molecule has 0 unspecified atom stereocenters. The topological polar surface area (TPSA) is 12.9 Å². The molecule has 0 bridgehead atoms. The van der Waals surface area contributed by atoms with Crippen LogP contribution in [0.5, 0.6) is 0 Å². The van der Waals surface area contributed by atoms with Crippen molar-refractivity contribution < 1.29 is 0 Å². The van der Waals surface area contributed by atoms with E-state index < -0.39 is 0 Å². The van der Waals surface area contributed by atoms with E-state index in [9.17, 15) is 0 Å². The van der Waals surface area contributed by atoms with Crippen LogP contribution in [-0.2, 0) is 0 Å². The maximum absolute atomic E-state index is 5.91. The fraction of sp³-hybridized carbons (Fsp3) is 0.0833. The minimum Gasteiger partial charge on any atom is -0.256 e. The minimum atomic E-state index is 0.741. The van der Waals surface area contributed by atoms with E-state index in [1.807, 2.05) is 42.6 Å². The number of rotatable bonds is 1. The lowest BCUT2D eigenvalue weighted by molar-refractivity contribution is 1.29. The Bertz CT molecular complexity index is 408. The molecular formula is C12H10ClN. The van der Waals surface area contributed by atoms with Crippen molar-refractivity contribution in [2.24, 2.45) is 0 Å². The third kappa shape index (κ3) is 1.94. The van der Waals surface area contributed by atoms with Crippen molar-refractivity contribution in [3.05, 3.63) is 53.2 Å². The maximum Gasteiger partial charge on any atom is 0.0705 e. The highest BCUT2D eigenvalue weighted by molar-refractivity contribution is 6.30. The maximum atomic E-state index is 5.91. The Kier molecular flexibility index (Phi) is 2.51. The number of nitrogens with zero attached hydrogens (tertiary/aromatic N) is 1. The number of halogens is 1. The van der Waals surface area contributed by atoms with E-state index in [0.717, 1.165) is 16.3 Å². The first-order valence-electron chi connectivity index (χ1n) is 4.44. The number of benzene rings is 1. The second-order valence-corrected chi connectivity index (χ2v) is 3.67. The van der Waals surface area contributed by atoms with E-state index in [4.69, 9.17) is 11.6 Å². The number of aromatic nitrogens is 1. The van der Waals surface area contributed by atoms with E-state index in [-0.39, 0.29) is 0 Å². The van der Waals surface area contributed by atoms with Crippen molar-refractivity contribution in [2.75, 3.05) is 0 Å². The first-order chi connectivity index (χ1) is 6.75. The third-order valence-corrected chi connectivity index (χ3v) is 2.27. The van der Waals surface area contributed by atoms with Gasteiger partial charge >= 0.3 is 0 Å². The third-order valence-electron chi connectivity index (χ3n) is 2.04. The molecule has 0 atom stereocenters. The second-order valence-electron chi connectivity index (χ2n) is 3.23. The standard InChI is InChI=1S/C12H10ClN/c1-9-5-6-14-12(7-9)10-3-2-4-11(13)8-10/h2-8H,1H3. The van der Waals surface area contributed by atoms with Gasteiger partial charge in [0.05, 0.1) is 5.69 Å². The quantitative estimate of drug-likeness (QED) is 0.689. The first-order valence-corrected chi connectivity index (χ1v) is 4.82. The van der Waals surface area contributed by atoms with Crippen LogP contribution in [0.1, 0.15) is 5.56 Å². The van der Waals surface area contributed by atoms with Gasteiger partial charge in [0, 0.05) is 16.8 Å². The molecule has 0 aliphatic heterocycles. The minimum absolute atomic E-state index is 0.741. The molecule has 0 spiro atoms. The van der Waals surface area contributed by atoms with Crippen LogP contribution in [0, 0.1) is 6.92 Å². The number of hydrogen-bond donors (Lipinski definition) is 0. The molecule has 0 amide bonds.